The highest BCUT2D eigenvalue weighted by atomic mass is 32.1. The summed E-state index contributed by atoms with van der Waals surface area (Å²) >= 11 is 5.17. The molecule has 90 valence electrons. The number of hydrogen-bond acceptors (Lipinski definition) is 4. The van der Waals surface area contributed by atoms with Crippen LogP contribution in [0.15, 0.2) is 12.3 Å². The Labute approximate surface area is 102 Å². The van der Waals surface area contributed by atoms with Gasteiger partial charge in [0.25, 0.3) is 0 Å². The largest absolute Gasteiger partial charge is 0.448 e. The van der Waals surface area contributed by atoms with Crippen molar-refractivity contribution >= 4 is 29.5 Å². The van der Waals surface area contributed by atoms with Gasteiger partial charge in [0.15, 0.2) is 10.4 Å². The van der Waals surface area contributed by atoms with Crippen molar-refractivity contribution in [3.05, 3.63) is 22.6 Å². The Balaban J connectivity index is 2.30. The predicted octanol–water partition coefficient (Wildman–Crippen LogP) is 1.50. The first-order valence-electron chi connectivity index (χ1n) is 5.05. The number of aryl methyl sites for hydroxylation is 1. The van der Waals surface area contributed by atoms with Gasteiger partial charge in [-0.25, -0.2) is 9.78 Å². The molecule has 0 bridgehead atoms. The highest BCUT2D eigenvalue weighted by molar-refractivity contribution is 7.71. The van der Waals surface area contributed by atoms with E-state index in [2.05, 4.69) is 14.7 Å². The van der Waals surface area contributed by atoms with E-state index in [0.717, 1.165) is 16.7 Å². The van der Waals surface area contributed by atoms with Crippen molar-refractivity contribution in [3.63, 3.8) is 0 Å². The number of pyridine rings is 1. The quantitative estimate of drug-likeness (QED) is 0.810. The molecule has 6 nitrogen and oxygen atoms in total. The highest BCUT2D eigenvalue weighted by Gasteiger charge is 2.06. The third-order valence-corrected chi connectivity index (χ3v) is 2.63. The molecule has 2 rings (SSSR count). The highest BCUT2D eigenvalue weighted by Crippen LogP contribution is 2.12. The minimum absolute atomic E-state index is 0.173. The SMILES string of the molecule is Cc1cnc2c(c1)[nH]c(=S)n2CCOC(N)=O. The number of amides is 1. The van der Waals surface area contributed by atoms with Crippen LogP contribution in [0.5, 0.6) is 0 Å². The van der Waals surface area contributed by atoms with Crippen molar-refractivity contribution in [1.29, 1.82) is 0 Å². The van der Waals surface area contributed by atoms with E-state index in [4.69, 9.17) is 18.0 Å². The number of aromatic amines is 1. The third-order valence-electron chi connectivity index (χ3n) is 2.31. The first-order chi connectivity index (χ1) is 8.08. The zero-order valence-electron chi connectivity index (χ0n) is 9.27. The second-order valence-electron chi connectivity index (χ2n) is 3.63. The molecule has 3 N–H and O–H groups in total. The van der Waals surface area contributed by atoms with Gasteiger partial charge in [-0.05, 0) is 30.8 Å². The maximum absolute atomic E-state index is 10.5. The topological polar surface area (TPSA) is 85.9 Å². The first kappa shape index (κ1) is 11.6. The number of carbonyl (C=O) groups excluding carboxylic acids is 1. The minimum Gasteiger partial charge on any atom is -0.448 e. The number of rotatable bonds is 3. The van der Waals surface area contributed by atoms with Crippen molar-refractivity contribution in [1.82, 2.24) is 14.5 Å². The molecule has 2 aromatic heterocycles. The molecule has 0 aromatic carbocycles. The minimum atomic E-state index is -0.792. The second kappa shape index (κ2) is 4.54. The Morgan fingerprint density at radius 2 is 2.47 bits per heavy atom. The summed E-state index contributed by atoms with van der Waals surface area (Å²) in [7, 11) is 0. The second-order valence-corrected chi connectivity index (χ2v) is 4.02. The van der Waals surface area contributed by atoms with Crippen LogP contribution in [0, 0.1) is 11.7 Å². The number of nitrogens with zero attached hydrogens (tertiary/aromatic N) is 2. The number of nitrogens with one attached hydrogen (secondary N) is 1. The van der Waals surface area contributed by atoms with Crippen molar-refractivity contribution < 1.29 is 9.53 Å². The van der Waals surface area contributed by atoms with E-state index in [0.29, 0.717) is 11.3 Å². The summed E-state index contributed by atoms with van der Waals surface area (Å²) in [5.74, 6) is 0. The molecule has 0 aliphatic carbocycles. The monoisotopic (exact) mass is 252 g/mol. The van der Waals surface area contributed by atoms with Gasteiger partial charge in [0.2, 0.25) is 0 Å². The van der Waals surface area contributed by atoms with Crippen LogP contribution in [-0.2, 0) is 11.3 Å². The van der Waals surface area contributed by atoms with Gasteiger partial charge in [-0.2, -0.15) is 0 Å². The number of carbonyl (C=O) groups is 1. The van der Waals surface area contributed by atoms with Gasteiger partial charge in [-0.15, -0.1) is 0 Å². The van der Waals surface area contributed by atoms with Crippen molar-refractivity contribution in [2.45, 2.75) is 13.5 Å². The molecule has 1 amide bonds. The van der Waals surface area contributed by atoms with Gasteiger partial charge < -0.3 is 15.5 Å². The summed E-state index contributed by atoms with van der Waals surface area (Å²) in [5, 5.41) is 0. The molecule has 2 heterocycles. The summed E-state index contributed by atoms with van der Waals surface area (Å²) in [6.45, 7) is 2.56. The van der Waals surface area contributed by atoms with Gasteiger partial charge in [-0.1, -0.05) is 0 Å². The Kier molecular flexibility index (Phi) is 3.10. The van der Waals surface area contributed by atoms with Crippen LogP contribution in [-0.4, -0.2) is 27.2 Å². The number of nitrogens with two attached hydrogens (primary N) is 1. The molecule has 0 radical (unpaired) electrons. The molecule has 0 unspecified atom stereocenters. The van der Waals surface area contributed by atoms with E-state index in [1.807, 2.05) is 13.0 Å². The van der Waals surface area contributed by atoms with Gasteiger partial charge in [-0.3, -0.25) is 4.57 Å². The molecule has 0 aliphatic heterocycles. The fourth-order valence-corrected chi connectivity index (χ4v) is 1.88. The zero-order valence-corrected chi connectivity index (χ0v) is 10.1. The van der Waals surface area contributed by atoms with Crippen LogP contribution in [0.25, 0.3) is 11.2 Å². The van der Waals surface area contributed by atoms with Gasteiger partial charge in [0, 0.05) is 6.20 Å². The lowest BCUT2D eigenvalue weighted by molar-refractivity contribution is 0.152. The number of H-pyrrole nitrogens is 1. The predicted molar refractivity (Wildman–Crippen MR) is 65.2 cm³/mol. The van der Waals surface area contributed by atoms with Crippen molar-refractivity contribution in [2.24, 2.45) is 5.73 Å². The molecule has 0 saturated heterocycles. The fourth-order valence-electron chi connectivity index (χ4n) is 1.59. The molecule has 0 fully saturated rings. The van der Waals surface area contributed by atoms with Gasteiger partial charge in [0.05, 0.1) is 12.1 Å². The summed E-state index contributed by atoms with van der Waals surface area (Å²) in [5.41, 5.74) is 7.55. The van der Waals surface area contributed by atoms with Crippen LogP contribution in [0.3, 0.4) is 0 Å². The number of aromatic nitrogens is 3. The molecular formula is C10H12N4O2S. The van der Waals surface area contributed by atoms with Gasteiger partial charge in [0.1, 0.15) is 6.61 Å². The van der Waals surface area contributed by atoms with E-state index in [1.165, 1.54) is 0 Å². The molecule has 0 spiro atoms. The Hall–Kier alpha value is -1.89. The lowest BCUT2D eigenvalue weighted by Crippen LogP contribution is -2.16. The molecule has 17 heavy (non-hydrogen) atoms. The molecule has 7 heteroatoms. The van der Waals surface area contributed by atoms with E-state index in [-0.39, 0.29) is 6.61 Å². The normalized spacial score (nSPS) is 10.6. The zero-order chi connectivity index (χ0) is 12.4. The van der Waals surface area contributed by atoms with E-state index in [9.17, 15) is 4.79 Å². The van der Waals surface area contributed by atoms with Crippen LogP contribution < -0.4 is 5.73 Å². The number of hydrogen-bond donors (Lipinski definition) is 2. The molecular weight excluding hydrogens is 240 g/mol. The molecule has 0 atom stereocenters. The first-order valence-corrected chi connectivity index (χ1v) is 5.46. The summed E-state index contributed by atoms with van der Waals surface area (Å²) in [4.78, 5) is 17.8. The van der Waals surface area contributed by atoms with Crippen LogP contribution >= 0.6 is 12.2 Å². The Morgan fingerprint density at radius 1 is 1.71 bits per heavy atom. The Bertz CT molecular complexity index is 616. The maximum Gasteiger partial charge on any atom is 0.404 e. The number of imidazole rings is 1. The van der Waals surface area contributed by atoms with Crippen molar-refractivity contribution in [3.8, 4) is 0 Å². The van der Waals surface area contributed by atoms with Crippen LogP contribution in [0.1, 0.15) is 5.56 Å². The lowest BCUT2D eigenvalue weighted by Gasteiger charge is -2.03. The average Bonchev–Trinajstić information content (AvgIpc) is 2.54. The van der Waals surface area contributed by atoms with E-state index in [1.54, 1.807) is 10.8 Å². The maximum atomic E-state index is 10.5. The third kappa shape index (κ3) is 2.44. The molecule has 0 saturated carbocycles. The summed E-state index contributed by atoms with van der Waals surface area (Å²) in [6.07, 6.45) is 0.969. The Morgan fingerprint density at radius 3 is 3.18 bits per heavy atom. The molecule has 2 aromatic rings. The number of primary amides is 1. The van der Waals surface area contributed by atoms with E-state index < -0.39 is 6.09 Å². The van der Waals surface area contributed by atoms with Gasteiger partial charge >= 0.3 is 6.09 Å². The van der Waals surface area contributed by atoms with E-state index >= 15 is 0 Å². The summed E-state index contributed by atoms with van der Waals surface area (Å²) < 4.78 is 6.99. The number of ether oxygens (including phenoxy) is 1. The standard InChI is InChI=1S/C10H12N4O2S/c1-6-4-7-8(12-5-6)14(10(17)13-7)2-3-16-9(11)15/h4-5H,2-3H2,1H3,(H2,11,15)(H,13,17). The molecule has 0 aliphatic rings. The van der Waals surface area contributed by atoms with Crippen LogP contribution in [0.4, 0.5) is 4.79 Å². The fraction of sp³-hybridized carbons (Fsp3) is 0.300. The summed E-state index contributed by atoms with van der Waals surface area (Å²) in [6, 6.07) is 1.96. The average molecular weight is 252 g/mol. The van der Waals surface area contributed by atoms with Crippen LogP contribution in [0.2, 0.25) is 0 Å². The van der Waals surface area contributed by atoms with Crippen molar-refractivity contribution in [2.75, 3.05) is 6.61 Å². The lowest BCUT2D eigenvalue weighted by atomic mass is 10.3. The smallest absolute Gasteiger partial charge is 0.404 e. The number of fused-ring (bicyclic) bond motifs is 1.